The van der Waals surface area contributed by atoms with Crippen LogP contribution in [0.1, 0.15) is 10.4 Å². The van der Waals surface area contributed by atoms with Gasteiger partial charge >= 0.3 is 5.97 Å². The number of esters is 1. The fourth-order valence-corrected chi connectivity index (χ4v) is 4.30. The van der Waals surface area contributed by atoms with Gasteiger partial charge in [0.25, 0.3) is 0 Å². The number of hydrogen-bond donors (Lipinski definition) is 1. The zero-order valence-corrected chi connectivity index (χ0v) is 19.4. The van der Waals surface area contributed by atoms with Crippen molar-refractivity contribution in [3.05, 3.63) is 54.2 Å². The minimum absolute atomic E-state index is 0.0720. The van der Waals surface area contributed by atoms with E-state index in [4.69, 9.17) is 4.74 Å². The molecule has 32 heavy (non-hydrogen) atoms. The van der Waals surface area contributed by atoms with Gasteiger partial charge in [-0.2, -0.15) is 0 Å². The molecule has 1 amide bonds. The predicted molar refractivity (Wildman–Crippen MR) is 124 cm³/mol. The maximum Gasteiger partial charge on any atom is 0.340 e. The van der Waals surface area contributed by atoms with Crippen molar-refractivity contribution in [2.75, 3.05) is 45.5 Å². The molecular formula is C22H26N4O5S. The molecule has 3 rings (SSSR count). The van der Waals surface area contributed by atoms with E-state index < -0.39 is 16.0 Å². The maximum absolute atomic E-state index is 12.9. The Morgan fingerprint density at radius 2 is 1.75 bits per heavy atom. The first kappa shape index (κ1) is 23.3. The summed E-state index contributed by atoms with van der Waals surface area (Å²) in [6.45, 7) is -0.0744. The first-order chi connectivity index (χ1) is 15.1. The average molecular weight is 459 g/mol. The Bertz CT molecular complexity index is 1280. The lowest BCUT2D eigenvalue weighted by Crippen LogP contribution is -2.24. The van der Waals surface area contributed by atoms with Gasteiger partial charge in [-0.25, -0.2) is 17.5 Å². The second kappa shape index (κ2) is 9.01. The molecule has 0 saturated heterocycles. The molecule has 1 N–H and O–H groups in total. The number of nitrogens with zero attached hydrogens (tertiary/aromatic N) is 3. The predicted octanol–water partition coefficient (Wildman–Crippen LogP) is 2.38. The summed E-state index contributed by atoms with van der Waals surface area (Å²) in [5.41, 5.74) is 2.10. The summed E-state index contributed by atoms with van der Waals surface area (Å²) in [5.74, 6) is -0.860. The molecule has 0 atom stereocenters. The van der Waals surface area contributed by atoms with Gasteiger partial charge in [0.05, 0.1) is 28.9 Å². The Morgan fingerprint density at radius 1 is 1.06 bits per heavy atom. The molecule has 1 heterocycles. The number of para-hydroxylation sites is 1. The molecular weight excluding hydrogens is 432 g/mol. The van der Waals surface area contributed by atoms with E-state index in [1.165, 1.54) is 33.3 Å². The monoisotopic (exact) mass is 458 g/mol. The molecule has 0 unspecified atom stereocenters. The number of nitrogens with one attached hydrogen (secondary N) is 1. The topological polar surface area (TPSA) is 101 Å². The molecule has 0 bridgehead atoms. The van der Waals surface area contributed by atoms with Crippen LogP contribution in [0.25, 0.3) is 10.9 Å². The number of amides is 1. The lowest BCUT2D eigenvalue weighted by atomic mass is 10.2. The number of aromatic nitrogens is 1. The number of benzene rings is 2. The number of rotatable bonds is 7. The lowest BCUT2D eigenvalue weighted by molar-refractivity contribution is -0.116. The quantitative estimate of drug-likeness (QED) is 0.546. The van der Waals surface area contributed by atoms with Crippen LogP contribution in [0.4, 0.5) is 11.4 Å². The second-order valence-corrected chi connectivity index (χ2v) is 9.74. The third-order valence-corrected chi connectivity index (χ3v) is 6.82. The number of fused-ring (bicyclic) bond motifs is 1. The highest BCUT2D eigenvalue weighted by molar-refractivity contribution is 7.89. The van der Waals surface area contributed by atoms with E-state index in [9.17, 15) is 18.0 Å². The highest BCUT2D eigenvalue weighted by Gasteiger charge is 2.21. The summed E-state index contributed by atoms with van der Waals surface area (Å²) in [7, 11) is 4.13. The molecule has 10 heteroatoms. The number of sulfonamides is 1. The molecule has 9 nitrogen and oxygen atoms in total. The number of ether oxygens (including phenoxy) is 1. The second-order valence-electron chi connectivity index (χ2n) is 7.59. The highest BCUT2D eigenvalue weighted by Crippen LogP contribution is 2.29. The molecule has 0 radical (unpaired) electrons. The van der Waals surface area contributed by atoms with Gasteiger partial charge < -0.3 is 19.5 Å². The number of anilines is 2. The van der Waals surface area contributed by atoms with Gasteiger partial charge in [0, 0.05) is 45.3 Å². The summed E-state index contributed by atoms with van der Waals surface area (Å²) in [5, 5.41) is 3.49. The highest BCUT2D eigenvalue weighted by atomic mass is 32.2. The van der Waals surface area contributed by atoms with E-state index in [0.29, 0.717) is 27.8 Å². The first-order valence-corrected chi connectivity index (χ1v) is 11.2. The minimum Gasteiger partial charge on any atom is -0.465 e. The molecule has 0 aliphatic carbocycles. The van der Waals surface area contributed by atoms with Gasteiger partial charge in [0.2, 0.25) is 15.9 Å². The number of carbonyl (C=O) groups is 2. The molecule has 0 aliphatic rings. The third kappa shape index (κ3) is 4.46. The van der Waals surface area contributed by atoms with Gasteiger partial charge in [-0.15, -0.1) is 0 Å². The number of carbonyl (C=O) groups excluding carboxylic acids is 2. The van der Waals surface area contributed by atoms with Crippen LogP contribution in [-0.2, 0) is 26.1 Å². The normalized spacial score (nSPS) is 11.6. The first-order valence-electron chi connectivity index (χ1n) is 9.76. The van der Waals surface area contributed by atoms with Crippen LogP contribution in [0.2, 0.25) is 0 Å². The van der Waals surface area contributed by atoms with Crippen LogP contribution in [-0.4, -0.2) is 64.5 Å². The molecule has 170 valence electrons. The summed E-state index contributed by atoms with van der Waals surface area (Å²) in [6, 6.07) is 11.8. The van der Waals surface area contributed by atoms with Crippen LogP contribution < -0.4 is 10.2 Å². The zero-order valence-electron chi connectivity index (χ0n) is 18.6. The van der Waals surface area contributed by atoms with Crippen molar-refractivity contribution in [2.24, 2.45) is 0 Å². The number of hydrogen-bond acceptors (Lipinski definition) is 6. The Kier molecular flexibility index (Phi) is 6.56. The van der Waals surface area contributed by atoms with Crippen molar-refractivity contribution in [2.45, 2.75) is 11.4 Å². The van der Waals surface area contributed by atoms with Crippen LogP contribution in [0.5, 0.6) is 0 Å². The fraction of sp³-hybridized carbons (Fsp3) is 0.273. The van der Waals surface area contributed by atoms with E-state index in [0.717, 1.165) is 4.31 Å². The van der Waals surface area contributed by atoms with E-state index in [1.54, 1.807) is 48.0 Å². The van der Waals surface area contributed by atoms with Crippen molar-refractivity contribution in [1.29, 1.82) is 0 Å². The van der Waals surface area contributed by atoms with E-state index in [2.05, 4.69) is 5.32 Å². The van der Waals surface area contributed by atoms with Gasteiger partial charge in [-0.3, -0.25) is 4.79 Å². The van der Waals surface area contributed by atoms with Crippen molar-refractivity contribution in [1.82, 2.24) is 8.87 Å². The van der Waals surface area contributed by atoms with E-state index >= 15 is 0 Å². The Hall–Kier alpha value is -3.37. The van der Waals surface area contributed by atoms with Gasteiger partial charge in [0.15, 0.2) is 0 Å². The minimum atomic E-state index is -3.67. The van der Waals surface area contributed by atoms with Crippen LogP contribution in [0, 0.1) is 0 Å². The maximum atomic E-state index is 12.9. The van der Waals surface area contributed by atoms with Crippen LogP contribution >= 0.6 is 0 Å². The standard InChI is InChI=1S/C22H26N4O5S/c1-24(2)20-11-10-15(32(29,30)25(3)4)12-18(20)23-21(27)14-26-13-17(22(28)31-5)16-8-6-7-9-19(16)26/h6-13H,14H2,1-5H3,(H,23,27). The van der Waals surface area contributed by atoms with Crippen LogP contribution in [0.15, 0.2) is 53.6 Å². The average Bonchev–Trinajstić information content (AvgIpc) is 3.11. The molecule has 2 aromatic carbocycles. The van der Waals surface area contributed by atoms with Crippen LogP contribution in [0.3, 0.4) is 0 Å². The Labute approximate surface area is 187 Å². The van der Waals surface area contributed by atoms with Gasteiger partial charge in [0.1, 0.15) is 6.54 Å². The Balaban J connectivity index is 1.95. The molecule has 0 spiro atoms. The van der Waals surface area contributed by atoms with Crippen molar-refractivity contribution < 1.29 is 22.7 Å². The number of methoxy groups -OCH3 is 1. The summed E-state index contributed by atoms with van der Waals surface area (Å²) < 4.78 is 32.7. The lowest BCUT2D eigenvalue weighted by Gasteiger charge is -2.20. The summed E-state index contributed by atoms with van der Waals surface area (Å²) >= 11 is 0. The van der Waals surface area contributed by atoms with Crippen molar-refractivity contribution in [3.8, 4) is 0 Å². The molecule has 0 fully saturated rings. The van der Waals surface area contributed by atoms with Crippen molar-refractivity contribution >= 4 is 44.2 Å². The Morgan fingerprint density at radius 3 is 2.38 bits per heavy atom. The third-order valence-electron chi connectivity index (χ3n) is 5.01. The summed E-state index contributed by atoms with van der Waals surface area (Å²) in [6.07, 6.45) is 1.58. The van der Waals surface area contributed by atoms with Crippen molar-refractivity contribution in [3.63, 3.8) is 0 Å². The zero-order chi connectivity index (χ0) is 23.6. The SMILES string of the molecule is COC(=O)c1cn(CC(=O)Nc2cc(S(=O)(=O)N(C)C)ccc2N(C)C)c2ccccc12. The van der Waals surface area contributed by atoms with E-state index in [1.807, 2.05) is 12.1 Å². The van der Waals surface area contributed by atoms with Gasteiger partial charge in [-0.1, -0.05) is 18.2 Å². The molecule has 0 aliphatic heterocycles. The van der Waals surface area contributed by atoms with Gasteiger partial charge in [-0.05, 0) is 24.3 Å². The fourth-order valence-electron chi connectivity index (χ4n) is 3.37. The summed E-state index contributed by atoms with van der Waals surface area (Å²) in [4.78, 5) is 26.9. The molecule has 1 aromatic heterocycles. The molecule has 3 aromatic rings. The van der Waals surface area contributed by atoms with E-state index in [-0.39, 0.29) is 17.3 Å². The smallest absolute Gasteiger partial charge is 0.340 e. The largest absolute Gasteiger partial charge is 0.465 e. The molecule has 0 saturated carbocycles.